The first kappa shape index (κ1) is 14.4. The largest absolute Gasteiger partial charge is 1.00 e. The van der Waals surface area contributed by atoms with Gasteiger partial charge in [0.1, 0.15) is 0 Å². The number of non-ortho nitro benzene ring substituents is 1. The van der Waals surface area contributed by atoms with Gasteiger partial charge in [-0.05, 0) is 6.07 Å². The van der Waals surface area contributed by atoms with Crippen molar-refractivity contribution >= 4 is 22.1 Å². The molecule has 0 saturated carbocycles. The summed E-state index contributed by atoms with van der Waals surface area (Å²) < 4.78 is 0. The molecule has 0 spiro atoms. The van der Waals surface area contributed by atoms with E-state index in [-0.39, 0.29) is 40.3 Å². The Morgan fingerprint density at radius 2 is 1.44 bits per heavy atom. The quantitative estimate of drug-likeness (QED) is 0.437. The number of benzene rings is 2. The Labute approximate surface area is 123 Å². The normalized spacial score (nSPS) is 9.78. The summed E-state index contributed by atoms with van der Waals surface area (Å²) >= 11 is 0. The van der Waals surface area contributed by atoms with Gasteiger partial charge in [0.15, 0.2) is 0 Å². The van der Waals surface area contributed by atoms with Crippen LogP contribution in [0.15, 0.2) is 30.3 Å². The number of fused-ring (bicyclic) bond motifs is 1. The molecule has 0 aliphatic rings. The van der Waals surface area contributed by atoms with Crippen molar-refractivity contribution in [3.63, 3.8) is 0 Å². The zero-order chi connectivity index (χ0) is 12.6. The number of nitrogens with zero attached hydrogens (tertiary/aromatic N) is 2. The molecule has 2 aromatic carbocycles. The van der Waals surface area contributed by atoms with Crippen molar-refractivity contribution in [1.82, 2.24) is 0 Å². The molecule has 0 aliphatic heterocycles. The van der Waals surface area contributed by atoms with Gasteiger partial charge in [-0.2, -0.15) is 0 Å². The second-order valence-electron chi connectivity index (χ2n) is 3.32. The first-order valence-electron chi connectivity index (χ1n) is 4.56. The summed E-state index contributed by atoms with van der Waals surface area (Å²) in [6.45, 7) is 0. The van der Waals surface area contributed by atoms with Crippen molar-refractivity contribution in [2.24, 2.45) is 0 Å². The van der Waals surface area contributed by atoms with Crippen molar-refractivity contribution in [3.05, 3.63) is 50.6 Å². The maximum absolute atomic E-state index is 10.8. The number of hydrogen-bond acceptors (Lipinski definition) is 5. The van der Waals surface area contributed by atoms with Crippen molar-refractivity contribution in [2.75, 3.05) is 0 Å². The standard InChI is InChI=1S/C10H6N2O5.Na/c13-10-7-4-2-1-3-6(7)8(11(14)15)5-9(10)12(16)17;/h1-5,13H;/q;+1. The molecule has 0 fully saturated rings. The van der Waals surface area contributed by atoms with Crippen LogP contribution < -0.4 is 29.6 Å². The molecule has 0 atom stereocenters. The topological polar surface area (TPSA) is 107 Å². The minimum Gasteiger partial charge on any atom is -0.502 e. The molecule has 0 unspecified atom stereocenters. The zero-order valence-electron chi connectivity index (χ0n) is 9.36. The van der Waals surface area contributed by atoms with Crippen LogP contribution in [0.2, 0.25) is 0 Å². The van der Waals surface area contributed by atoms with Gasteiger partial charge in [-0.1, -0.05) is 18.2 Å². The van der Waals surface area contributed by atoms with E-state index in [1.54, 1.807) is 6.07 Å². The monoisotopic (exact) mass is 257 g/mol. The van der Waals surface area contributed by atoms with Gasteiger partial charge in [0.05, 0.1) is 21.3 Å². The molecule has 2 rings (SSSR count). The Balaban J connectivity index is 0.00000162. The van der Waals surface area contributed by atoms with Crippen LogP contribution in [-0.2, 0) is 0 Å². The van der Waals surface area contributed by atoms with E-state index in [0.29, 0.717) is 0 Å². The van der Waals surface area contributed by atoms with Crippen LogP contribution in [0.5, 0.6) is 5.75 Å². The van der Waals surface area contributed by atoms with Gasteiger partial charge in [0, 0.05) is 5.39 Å². The van der Waals surface area contributed by atoms with E-state index >= 15 is 0 Å². The Kier molecular flexibility index (Phi) is 4.23. The molecule has 0 bridgehead atoms. The van der Waals surface area contributed by atoms with Gasteiger partial charge >= 0.3 is 35.2 Å². The summed E-state index contributed by atoms with van der Waals surface area (Å²) in [5.41, 5.74) is -1.07. The van der Waals surface area contributed by atoms with E-state index in [2.05, 4.69) is 0 Å². The van der Waals surface area contributed by atoms with E-state index in [1.165, 1.54) is 18.2 Å². The smallest absolute Gasteiger partial charge is 0.502 e. The fourth-order valence-corrected chi connectivity index (χ4v) is 1.62. The van der Waals surface area contributed by atoms with Crippen LogP contribution in [0.4, 0.5) is 11.4 Å². The molecule has 7 nitrogen and oxygen atoms in total. The maximum Gasteiger partial charge on any atom is 1.00 e. The first-order chi connectivity index (χ1) is 8.02. The maximum atomic E-state index is 10.8. The predicted molar refractivity (Wildman–Crippen MR) is 58.9 cm³/mol. The Morgan fingerprint density at radius 1 is 0.944 bits per heavy atom. The summed E-state index contributed by atoms with van der Waals surface area (Å²) in [6, 6.07) is 6.68. The molecule has 0 amide bonds. The van der Waals surface area contributed by atoms with E-state index in [1.807, 2.05) is 0 Å². The number of nitro groups is 2. The number of aromatic hydroxyl groups is 1. The van der Waals surface area contributed by atoms with E-state index in [0.717, 1.165) is 6.07 Å². The number of nitro benzene ring substituents is 2. The second-order valence-corrected chi connectivity index (χ2v) is 3.32. The number of hydrogen-bond donors (Lipinski definition) is 1. The molecule has 0 aliphatic carbocycles. The molecule has 0 saturated heterocycles. The Bertz CT molecular complexity index is 643. The molecule has 2 aromatic rings. The van der Waals surface area contributed by atoms with Crippen LogP contribution >= 0.6 is 0 Å². The molecule has 18 heavy (non-hydrogen) atoms. The third kappa shape index (κ3) is 2.28. The Morgan fingerprint density at radius 3 is 1.94 bits per heavy atom. The molecule has 0 heterocycles. The summed E-state index contributed by atoms with van der Waals surface area (Å²) in [4.78, 5) is 19.9. The van der Waals surface area contributed by atoms with E-state index in [9.17, 15) is 25.3 Å². The van der Waals surface area contributed by atoms with E-state index in [4.69, 9.17) is 0 Å². The Hall–Kier alpha value is -1.70. The van der Waals surface area contributed by atoms with Gasteiger partial charge in [-0.25, -0.2) is 0 Å². The van der Waals surface area contributed by atoms with Crippen LogP contribution in [0.25, 0.3) is 10.8 Å². The van der Waals surface area contributed by atoms with Crippen LogP contribution in [-0.4, -0.2) is 15.0 Å². The summed E-state index contributed by atoms with van der Waals surface area (Å²) in [5, 5.41) is 31.4. The fourth-order valence-electron chi connectivity index (χ4n) is 1.62. The summed E-state index contributed by atoms with van der Waals surface area (Å²) in [6.07, 6.45) is 0. The zero-order valence-corrected chi connectivity index (χ0v) is 11.4. The van der Waals surface area contributed by atoms with Gasteiger partial charge in [-0.15, -0.1) is 0 Å². The first-order valence-corrected chi connectivity index (χ1v) is 4.56. The van der Waals surface area contributed by atoms with Crippen molar-refractivity contribution in [1.29, 1.82) is 0 Å². The summed E-state index contributed by atoms with van der Waals surface area (Å²) in [5.74, 6) is -0.559. The van der Waals surface area contributed by atoms with Crippen LogP contribution in [0.3, 0.4) is 0 Å². The molecule has 86 valence electrons. The minimum absolute atomic E-state index is 0. The minimum atomic E-state index is -0.852. The SMILES string of the molecule is O=[N+]([O-])c1cc([N+](=O)[O-])c2ccccc2c1O.[Na+]. The van der Waals surface area contributed by atoms with Gasteiger partial charge < -0.3 is 5.11 Å². The van der Waals surface area contributed by atoms with Gasteiger partial charge in [0.2, 0.25) is 5.75 Å². The third-order valence-corrected chi connectivity index (χ3v) is 2.37. The molecule has 0 radical (unpaired) electrons. The van der Waals surface area contributed by atoms with Crippen LogP contribution in [0.1, 0.15) is 0 Å². The summed E-state index contributed by atoms with van der Waals surface area (Å²) in [7, 11) is 0. The number of phenols is 1. The van der Waals surface area contributed by atoms with Gasteiger partial charge in [-0.3, -0.25) is 20.2 Å². The molecular formula is C10H6N2NaO5+. The second kappa shape index (κ2) is 5.30. The van der Waals surface area contributed by atoms with Crippen LogP contribution in [0, 0.1) is 20.2 Å². The molecule has 8 heteroatoms. The molecule has 0 aromatic heterocycles. The number of rotatable bonds is 2. The molecule has 1 N–H and O–H groups in total. The van der Waals surface area contributed by atoms with E-state index < -0.39 is 27.0 Å². The van der Waals surface area contributed by atoms with Gasteiger partial charge in [0.25, 0.3) is 5.69 Å². The predicted octanol–water partition coefficient (Wildman–Crippen LogP) is -0.634. The van der Waals surface area contributed by atoms with Crippen molar-refractivity contribution < 1.29 is 44.5 Å². The number of phenolic OH excluding ortho intramolecular Hbond substituents is 1. The average molecular weight is 257 g/mol. The average Bonchev–Trinajstić information content (AvgIpc) is 2.29. The molecular weight excluding hydrogens is 251 g/mol. The fraction of sp³-hybridized carbons (Fsp3) is 0. The third-order valence-electron chi connectivity index (χ3n) is 2.37. The van der Waals surface area contributed by atoms with Crippen molar-refractivity contribution in [3.8, 4) is 5.75 Å². The van der Waals surface area contributed by atoms with Crippen molar-refractivity contribution in [2.45, 2.75) is 0 Å².